The van der Waals surface area contributed by atoms with Gasteiger partial charge in [-0.15, -0.1) is 0 Å². The van der Waals surface area contributed by atoms with Crippen LogP contribution in [0, 0.1) is 11.3 Å². The van der Waals surface area contributed by atoms with Crippen LogP contribution >= 0.6 is 10.7 Å². The Hall–Kier alpha value is -2.12. The van der Waals surface area contributed by atoms with Crippen molar-refractivity contribution in [2.24, 2.45) is 0 Å². The fourth-order valence-corrected chi connectivity index (χ4v) is 6.24. The predicted octanol–water partition coefficient (Wildman–Crippen LogP) is 4.10. The van der Waals surface area contributed by atoms with E-state index in [1.54, 1.807) is 23.4 Å². The summed E-state index contributed by atoms with van der Waals surface area (Å²) in [6, 6.07) is 17.3. The summed E-state index contributed by atoms with van der Waals surface area (Å²) in [6.07, 6.45) is 1.82. The zero-order valence-corrected chi connectivity index (χ0v) is 21.3. The molecule has 0 fully saturated rings. The number of nitriles is 1. The number of hydrogen-bond acceptors (Lipinski definition) is 6. The van der Waals surface area contributed by atoms with Crippen LogP contribution < -0.4 is 5.32 Å². The van der Waals surface area contributed by atoms with Crippen molar-refractivity contribution in [1.82, 2.24) is 4.31 Å². The number of rotatable bonds is 7. The molecule has 1 aliphatic heterocycles. The van der Waals surface area contributed by atoms with Crippen LogP contribution in [0.4, 0.5) is 5.69 Å². The molecule has 7 nitrogen and oxygen atoms in total. The Bertz CT molecular complexity index is 1160. The van der Waals surface area contributed by atoms with E-state index < -0.39 is 19.1 Å². The summed E-state index contributed by atoms with van der Waals surface area (Å²) in [5, 5.41) is 12.5. The van der Waals surface area contributed by atoms with Crippen molar-refractivity contribution in [1.29, 1.82) is 5.26 Å². The highest BCUT2D eigenvalue weighted by molar-refractivity contribution is 8.13. The van der Waals surface area contributed by atoms with E-state index in [1.165, 1.54) is 0 Å². The van der Waals surface area contributed by atoms with E-state index >= 15 is 0 Å². The lowest BCUT2D eigenvalue weighted by atomic mass is 10.1. The molecular formula is C23H30ClN3O4S2. The van der Waals surface area contributed by atoms with Crippen molar-refractivity contribution in [2.75, 3.05) is 23.4 Å². The van der Waals surface area contributed by atoms with Crippen molar-refractivity contribution in [3.63, 3.8) is 0 Å². The van der Waals surface area contributed by atoms with E-state index in [1.807, 2.05) is 43.3 Å². The Balaban J connectivity index is 0.000000479. The molecule has 0 bridgehead atoms. The fraction of sp³-hybridized carbons (Fsp3) is 0.435. The topological polar surface area (TPSA) is 107 Å². The molecule has 3 rings (SSSR count). The van der Waals surface area contributed by atoms with Crippen LogP contribution in [0.2, 0.25) is 0 Å². The van der Waals surface area contributed by atoms with Gasteiger partial charge in [0.15, 0.2) is 0 Å². The molecule has 1 atom stereocenters. The van der Waals surface area contributed by atoms with Gasteiger partial charge in [0.25, 0.3) is 0 Å². The molecular weight excluding hydrogens is 482 g/mol. The van der Waals surface area contributed by atoms with Gasteiger partial charge in [-0.25, -0.2) is 16.8 Å². The zero-order chi connectivity index (χ0) is 24.5. The molecule has 1 aliphatic rings. The van der Waals surface area contributed by atoms with Crippen LogP contribution in [0.1, 0.15) is 43.4 Å². The molecule has 33 heavy (non-hydrogen) atoms. The summed E-state index contributed by atoms with van der Waals surface area (Å²) >= 11 is 0. The molecule has 0 aliphatic carbocycles. The average molecular weight is 512 g/mol. The Kier molecular flexibility index (Phi) is 10.2. The van der Waals surface area contributed by atoms with Crippen LogP contribution in [0.25, 0.3) is 0 Å². The van der Waals surface area contributed by atoms with E-state index in [0.29, 0.717) is 31.4 Å². The molecule has 2 aromatic carbocycles. The number of nitrogens with one attached hydrogen (secondary N) is 1. The first-order valence-electron chi connectivity index (χ1n) is 10.8. The highest BCUT2D eigenvalue weighted by Crippen LogP contribution is 2.27. The van der Waals surface area contributed by atoms with Crippen LogP contribution in [0.5, 0.6) is 0 Å². The predicted molar refractivity (Wildman–Crippen MR) is 133 cm³/mol. The minimum atomic E-state index is -3.38. The van der Waals surface area contributed by atoms with Crippen molar-refractivity contribution in [3.8, 4) is 6.07 Å². The maximum atomic E-state index is 12.9. The number of hydrogen-bond donors (Lipinski definition) is 1. The van der Waals surface area contributed by atoms with Gasteiger partial charge in [0.1, 0.15) is 0 Å². The Morgan fingerprint density at radius 2 is 1.73 bits per heavy atom. The van der Waals surface area contributed by atoms with Gasteiger partial charge in [0.05, 0.1) is 23.1 Å². The van der Waals surface area contributed by atoms with E-state index in [9.17, 15) is 16.8 Å². The highest BCUT2D eigenvalue weighted by Gasteiger charge is 2.32. The number of nitrogens with zero attached hydrogens (tertiary/aromatic N) is 2. The van der Waals surface area contributed by atoms with E-state index in [-0.39, 0.29) is 24.1 Å². The van der Waals surface area contributed by atoms with Crippen LogP contribution in [-0.4, -0.2) is 45.2 Å². The molecule has 0 unspecified atom stereocenters. The normalized spacial score (nSPS) is 16.4. The van der Waals surface area contributed by atoms with Crippen molar-refractivity contribution in [2.45, 2.75) is 45.7 Å². The standard InChI is InChI=1S/C20H23N3O2S.C3H7ClO2S/c1-2-10-26(24,25)23-15-18-11-17(13-21)8-9-20(18)22-14-19(23)12-16-6-4-3-5-7-16;1-2-3-7(4,5)6/h3-9,11,19,22H,2,10,12,14-15H2,1H3;2-3H2,1H3/t19-;/m1./s1. The van der Waals surface area contributed by atoms with Gasteiger partial charge in [-0.2, -0.15) is 9.57 Å². The molecule has 0 saturated heterocycles. The summed E-state index contributed by atoms with van der Waals surface area (Å²) in [6.45, 7) is 4.47. The minimum Gasteiger partial charge on any atom is -0.383 e. The smallest absolute Gasteiger partial charge is 0.232 e. The molecule has 2 aromatic rings. The van der Waals surface area contributed by atoms with Crippen molar-refractivity contribution < 1.29 is 16.8 Å². The molecule has 0 saturated carbocycles. The van der Waals surface area contributed by atoms with Gasteiger partial charge in [0, 0.05) is 35.5 Å². The van der Waals surface area contributed by atoms with Gasteiger partial charge >= 0.3 is 0 Å². The van der Waals surface area contributed by atoms with Crippen LogP contribution in [0.3, 0.4) is 0 Å². The quantitative estimate of drug-likeness (QED) is 0.561. The Morgan fingerprint density at radius 3 is 2.27 bits per heavy atom. The Labute approximate surface area is 201 Å². The molecule has 0 aromatic heterocycles. The molecule has 1 heterocycles. The molecule has 10 heteroatoms. The van der Waals surface area contributed by atoms with Crippen LogP contribution in [-0.2, 0) is 32.0 Å². The van der Waals surface area contributed by atoms with Gasteiger partial charge in [0.2, 0.25) is 19.1 Å². The van der Waals surface area contributed by atoms with Gasteiger partial charge in [-0.3, -0.25) is 0 Å². The first kappa shape index (κ1) is 27.1. The third-order valence-electron chi connectivity index (χ3n) is 5.08. The lowest BCUT2D eigenvalue weighted by Crippen LogP contribution is -2.44. The lowest BCUT2D eigenvalue weighted by molar-refractivity contribution is 0.325. The summed E-state index contributed by atoms with van der Waals surface area (Å²) in [5.74, 6) is 0.208. The van der Waals surface area contributed by atoms with Crippen molar-refractivity contribution >= 4 is 35.4 Å². The number of benzene rings is 2. The van der Waals surface area contributed by atoms with Crippen molar-refractivity contribution in [3.05, 3.63) is 65.2 Å². The van der Waals surface area contributed by atoms with Crippen LogP contribution in [0.15, 0.2) is 48.5 Å². The second-order valence-corrected chi connectivity index (χ2v) is 12.7. The van der Waals surface area contributed by atoms with Gasteiger partial charge in [-0.1, -0.05) is 44.2 Å². The molecule has 0 amide bonds. The highest BCUT2D eigenvalue weighted by atomic mass is 35.7. The number of fused-ring (bicyclic) bond motifs is 1. The fourth-order valence-electron chi connectivity index (χ4n) is 3.60. The minimum absolute atomic E-state index is 0.0779. The summed E-state index contributed by atoms with van der Waals surface area (Å²) in [5.41, 5.74) is 3.40. The third-order valence-corrected chi connectivity index (χ3v) is 8.50. The first-order valence-corrected chi connectivity index (χ1v) is 14.9. The Morgan fingerprint density at radius 1 is 1.06 bits per heavy atom. The molecule has 0 radical (unpaired) electrons. The van der Waals surface area contributed by atoms with E-state index in [2.05, 4.69) is 11.4 Å². The molecule has 1 N–H and O–H groups in total. The number of sulfonamides is 1. The summed E-state index contributed by atoms with van der Waals surface area (Å²) in [4.78, 5) is 0. The second-order valence-electron chi connectivity index (χ2n) is 7.81. The average Bonchev–Trinajstić information content (AvgIpc) is 2.93. The monoisotopic (exact) mass is 511 g/mol. The van der Waals surface area contributed by atoms with E-state index in [4.69, 9.17) is 15.9 Å². The summed E-state index contributed by atoms with van der Waals surface area (Å²) < 4.78 is 47.5. The van der Waals surface area contributed by atoms with Gasteiger partial charge < -0.3 is 5.32 Å². The zero-order valence-electron chi connectivity index (χ0n) is 18.9. The lowest BCUT2D eigenvalue weighted by Gasteiger charge is -2.29. The van der Waals surface area contributed by atoms with Gasteiger partial charge in [-0.05, 0) is 48.6 Å². The maximum Gasteiger partial charge on any atom is 0.232 e. The maximum absolute atomic E-state index is 12.9. The summed E-state index contributed by atoms with van der Waals surface area (Å²) in [7, 11) is -1.77. The SMILES string of the molecule is CCCS(=O)(=O)Cl.CCCS(=O)(=O)N1Cc2cc(C#N)ccc2NC[C@H]1Cc1ccccc1. The number of halogens is 1. The first-order chi connectivity index (χ1) is 15.6. The number of anilines is 1. The molecule has 180 valence electrons. The second kappa shape index (κ2) is 12.4. The molecule has 0 spiro atoms. The largest absolute Gasteiger partial charge is 0.383 e. The van der Waals surface area contributed by atoms with E-state index in [0.717, 1.165) is 16.8 Å². The third kappa shape index (κ3) is 8.63.